The molecular formula is C9H14N4O. The molecule has 0 bridgehead atoms. The van der Waals surface area contributed by atoms with Gasteiger partial charge in [-0.3, -0.25) is 14.8 Å². The van der Waals surface area contributed by atoms with E-state index >= 15 is 0 Å². The maximum atomic E-state index is 11.0. The Morgan fingerprint density at radius 3 is 3.00 bits per heavy atom. The van der Waals surface area contributed by atoms with Gasteiger partial charge in [-0.1, -0.05) is 0 Å². The minimum atomic E-state index is -0.318. The van der Waals surface area contributed by atoms with E-state index < -0.39 is 0 Å². The standard InChI is InChI=1S/C9H14N4O/c1-5-6(2)12-13-4-7(9(10)14)11-3-8(5)13/h7,11H,3-4H2,1-2H3,(H2,10,14). The van der Waals surface area contributed by atoms with Gasteiger partial charge < -0.3 is 5.73 Å². The highest BCUT2D eigenvalue weighted by Crippen LogP contribution is 2.16. The van der Waals surface area contributed by atoms with Crippen LogP contribution in [0.25, 0.3) is 0 Å². The highest BCUT2D eigenvalue weighted by Gasteiger charge is 2.24. The number of rotatable bonds is 1. The van der Waals surface area contributed by atoms with Crippen molar-refractivity contribution in [3.05, 3.63) is 17.0 Å². The van der Waals surface area contributed by atoms with Gasteiger partial charge in [0, 0.05) is 6.54 Å². The highest BCUT2D eigenvalue weighted by atomic mass is 16.1. The Hall–Kier alpha value is -1.36. The Labute approximate surface area is 82.3 Å². The summed E-state index contributed by atoms with van der Waals surface area (Å²) in [6.45, 7) is 5.22. The van der Waals surface area contributed by atoms with E-state index in [1.165, 1.54) is 5.56 Å². The Bertz CT molecular complexity index is 382. The van der Waals surface area contributed by atoms with Gasteiger partial charge in [-0.15, -0.1) is 0 Å². The van der Waals surface area contributed by atoms with Gasteiger partial charge in [-0.05, 0) is 19.4 Å². The van der Waals surface area contributed by atoms with E-state index in [1.54, 1.807) is 0 Å². The van der Waals surface area contributed by atoms with E-state index in [4.69, 9.17) is 5.73 Å². The topological polar surface area (TPSA) is 72.9 Å². The van der Waals surface area contributed by atoms with Crippen LogP contribution in [0.1, 0.15) is 17.0 Å². The van der Waals surface area contributed by atoms with E-state index in [9.17, 15) is 4.79 Å². The fraction of sp³-hybridized carbons (Fsp3) is 0.556. The van der Waals surface area contributed by atoms with E-state index in [2.05, 4.69) is 10.4 Å². The second-order valence-electron chi connectivity index (χ2n) is 3.68. The fourth-order valence-electron chi connectivity index (χ4n) is 1.74. The molecule has 76 valence electrons. The molecule has 0 radical (unpaired) electrons. The molecule has 14 heavy (non-hydrogen) atoms. The summed E-state index contributed by atoms with van der Waals surface area (Å²) in [7, 11) is 0. The average molecular weight is 194 g/mol. The SMILES string of the molecule is Cc1nn2c(c1C)CNC(C(N)=O)C2. The van der Waals surface area contributed by atoms with Crippen molar-refractivity contribution in [3.8, 4) is 0 Å². The van der Waals surface area contributed by atoms with Crippen molar-refractivity contribution in [1.29, 1.82) is 0 Å². The van der Waals surface area contributed by atoms with Gasteiger partial charge in [0.1, 0.15) is 6.04 Å². The first-order chi connectivity index (χ1) is 6.59. The third kappa shape index (κ3) is 1.29. The molecule has 1 unspecified atom stereocenters. The number of primary amides is 1. The Balaban J connectivity index is 2.31. The molecule has 1 aromatic heterocycles. The maximum absolute atomic E-state index is 11.0. The lowest BCUT2D eigenvalue weighted by Gasteiger charge is -2.22. The Morgan fingerprint density at radius 2 is 2.36 bits per heavy atom. The van der Waals surface area contributed by atoms with Crippen molar-refractivity contribution in [2.24, 2.45) is 5.73 Å². The zero-order valence-corrected chi connectivity index (χ0v) is 8.37. The first-order valence-electron chi connectivity index (χ1n) is 4.65. The van der Waals surface area contributed by atoms with Gasteiger partial charge in [0.15, 0.2) is 0 Å². The van der Waals surface area contributed by atoms with Crippen LogP contribution in [0.2, 0.25) is 0 Å². The number of nitrogens with one attached hydrogen (secondary N) is 1. The summed E-state index contributed by atoms with van der Waals surface area (Å²) < 4.78 is 1.87. The molecular weight excluding hydrogens is 180 g/mol. The number of hydrogen-bond acceptors (Lipinski definition) is 3. The van der Waals surface area contributed by atoms with Crippen LogP contribution in [-0.2, 0) is 17.9 Å². The van der Waals surface area contributed by atoms with Gasteiger partial charge in [0.05, 0.1) is 17.9 Å². The summed E-state index contributed by atoms with van der Waals surface area (Å²) in [6, 6.07) is -0.291. The van der Waals surface area contributed by atoms with Crippen LogP contribution in [-0.4, -0.2) is 21.7 Å². The third-order valence-corrected chi connectivity index (χ3v) is 2.77. The molecule has 1 amide bonds. The van der Waals surface area contributed by atoms with Crippen LogP contribution < -0.4 is 11.1 Å². The lowest BCUT2D eigenvalue weighted by molar-refractivity contribution is -0.120. The van der Waals surface area contributed by atoms with Gasteiger partial charge in [0.25, 0.3) is 0 Å². The molecule has 0 saturated carbocycles. The average Bonchev–Trinajstić information content (AvgIpc) is 2.42. The molecule has 0 aliphatic carbocycles. The number of carbonyl (C=O) groups excluding carboxylic acids is 1. The van der Waals surface area contributed by atoms with Crippen LogP contribution in [0.4, 0.5) is 0 Å². The van der Waals surface area contributed by atoms with E-state index in [0.29, 0.717) is 13.1 Å². The zero-order valence-electron chi connectivity index (χ0n) is 8.37. The number of nitrogens with two attached hydrogens (primary N) is 1. The molecule has 2 rings (SSSR count). The molecule has 0 spiro atoms. The molecule has 1 aliphatic heterocycles. The molecule has 5 nitrogen and oxygen atoms in total. The fourth-order valence-corrected chi connectivity index (χ4v) is 1.74. The van der Waals surface area contributed by atoms with Crippen LogP contribution in [0.3, 0.4) is 0 Å². The minimum absolute atomic E-state index is 0.291. The number of aromatic nitrogens is 2. The van der Waals surface area contributed by atoms with Crippen molar-refractivity contribution in [2.45, 2.75) is 33.0 Å². The normalized spacial score (nSPS) is 20.6. The molecule has 0 saturated heterocycles. The first kappa shape index (κ1) is 9.21. The van der Waals surface area contributed by atoms with Crippen molar-refractivity contribution in [1.82, 2.24) is 15.1 Å². The molecule has 1 aliphatic rings. The summed E-state index contributed by atoms with van der Waals surface area (Å²) in [5, 5.41) is 7.45. The lowest BCUT2D eigenvalue weighted by atomic mass is 10.1. The molecule has 0 fully saturated rings. The number of fused-ring (bicyclic) bond motifs is 1. The first-order valence-corrected chi connectivity index (χ1v) is 4.65. The number of amides is 1. The summed E-state index contributed by atoms with van der Waals surface area (Å²) in [5.41, 5.74) is 8.59. The predicted octanol–water partition coefficient (Wildman–Crippen LogP) is -0.543. The molecule has 1 atom stereocenters. The van der Waals surface area contributed by atoms with Crippen LogP contribution >= 0.6 is 0 Å². The van der Waals surface area contributed by atoms with Gasteiger partial charge in [0.2, 0.25) is 5.91 Å². The second-order valence-corrected chi connectivity index (χ2v) is 3.68. The van der Waals surface area contributed by atoms with E-state index in [-0.39, 0.29) is 11.9 Å². The number of nitrogens with zero attached hydrogens (tertiary/aromatic N) is 2. The van der Waals surface area contributed by atoms with Gasteiger partial charge in [-0.2, -0.15) is 5.10 Å². The van der Waals surface area contributed by atoms with Crippen molar-refractivity contribution in [2.75, 3.05) is 0 Å². The van der Waals surface area contributed by atoms with Gasteiger partial charge >= 0.3 is 0 Å². The monoisotopic (exact) mass is 194 g/mol. The number of hydrogen-bond donors (Lipinski definition) is 2. The van der Waals surface area contributed by atoms with Crippen molar-refractivity contribution >= 4 is 5.91 Å². The summed E-state index contributed by atoms with van der Waals surface area (Å²) in [5.74, 6) is -0.318. The largest absolute Gasteiger partial charge is 0.368 e. The summed E-state index contributed by atoms with van der Waals surface area (Å²) in [6.07, 6.45) is 0. The van der Waals surface area contributed by atoms with Crippen LogP contribution in [0, 0.1) is 13.8 Å². The van der Waals surface area contributed by atoms with E-state index in [1.807, 2.05) is 18.5 Å². The third-order valence-electron chi connectivity index (χ3n) is 2.77. The molecule has 2 heterocycles. The zero-order chi connectivity index (χ0) is 10.3. The van der Waals surface area contributed by atoms with Crippen molar-refractivity contribution in [3.63, 3.8) is 0 Å². The quantitative estimate of drug-likeness (QED) is 0.630. The van der Waals surface area contributed by atoms with Gasteiger partial charge in [-0.25, -0.2) is 0 Å². The molecule has 0 aromatic carbocycles. The van der Waals surface area contributed by atoms with Crippen LogP contribution in [0.5, 0.6) is 0 Å². The number of aryl methyl sites for hydroxylation is 1. The van der Waals surface area contributed by atoms with E-state index in [0.717, 1.165) is 11.4 Å². The lowest BCUT2D eigenvalue weighted by Crippen LogP contribution is -2.47. The highest BCUT2D eigenvalue weighted by molar-refractivity contribution is 5.79. The number of carbonyl (C=O) groups is 1. The molecule has 5 heteroatoms. The predicted molar refractivity (Wildman–Crippen MR) is 51.5 cm³/mol. The Morgan fingerprint density at radius 1 is 1.64 bits per heavy atom. The van der Waals surface area contributed by atoms with Crippen molar-refractivity contribution < 1.29 is 4.79 Å². The summed E-state index contributed by atoms with van der Waals surface area (Å²) in [4.78, 5) is 11.0. The minimum Gasteiger partial charge on any atom is -0.368 e. The molecule has 3 N–H and O–H groups in total. The second kappa shape index (κ2) is 3.09. The summed E-state index contributed by atoms with van der Waals surface area (Å²) >= 11 is 0. The smallest absolute Gasteiger partial charge is 0.236 e. The maximum Gasteiger partial charge on any atom is 0.236 e. The molecule has 1 aromatic rings. The van der Waals surface area contributed by atoms with Crippen LogP contribution in [0.15, 0.2) is 0 Å². The Kier molecular flexibility index (Phi) is 2.03.